The van der Waals surface area contributed by atoms with Gasteiger partial charge in [0.1, 0.15) is 0 Å². The number of aliphatic carboxylic acids is 1. The first-order chi connectivity index (χ1) is 13.5. The van der Waals surface area contributed by atoms with Gasteiger partial charge in [0.15, 0.2) is 0 Å². The molecule has 142 valence electrons. The summed E-state index contributed by atoms with van der Waals surface area (Å²) in [7, 11) is 0. The van der Waals surface area contributed by atoms with Crippen molar-refractivity contribution in [3.8, 4) is 0 Å². The van der Waals surface area contributed by atoms with Crippen LogP contribution in [0.3, 0.4) is 0 Å². The number of carbonyl (C=O) groups excluding carboxylic acids is 1. The molecule has 1 heterocycles. The third-order valence-electron chi connectivity index (χ3n) is 4.77. The fourth-order valence-electron chi connectivity index (χ4n) is 3.01. The van der Waals surface area contributed by atoms with Crippen molar-refractivity contribution in [2.45, 2.75) is 26.3 Å². The van der Waals surface area contributed by atoms with Crippen molar-refractivity contribution in [3.63, 3.8) is 0 Å². The first kappa shape index (κ1) is 19.4. The van der Waals surface area contributed by atoms with Gasteiger partial charge in [-0.25, -0.2) is 0 Å². The van der Waals surface area contributed by atoms with Gasteiger partial charge in [-0.2, -0.15) is 0 Å². The molecule has 0 aliphatic rings. The van der Waals surface area contributed by atoms with Crippen molar-refractivity contribution >= 4 is 17.8 Å². The highest BCUT2D eigenvalue weighted by molar-refractivity contribution is 6.08. The molecule has 2 aromatic carbocycles. The smallest absolute Gasteiger partial charge is 0.310 e. The van der Waals surface area contributed by atoms with Crippen LogP contribution in [-0.2, 0) is 11.3 Å². The summed E-state index contributed by atoms with van der Waals surface area (Å²) in [5.74, 6) is -1.39. The number of benzene rings is 2. The Balaban J connectivity index is 1.73. The number of carboxylic acid groups (broad SMARTS) is 1. The molecule has 4 nitrogen and oxygen atoms in total. The molecule has 0 saturated carbocycles. The quantitative estimate of drug-likeness (QED) is 0.598. The van der Waals surface area contributed by atoms with E-state index in [-0.39, 0.29) is 5.78 Å². The Kier molecular flexibility index (Phi) is 5.90. The van der Waals surface area contributed by atoms with E-state index in [1.807, 2.05) is 90.5 Å². The number of hydrogen-bond acceptors (Lipinski definition) is 2. The standard InChI is InChI=1S/C24H23NO3/c1-17-10-12-20(13-11-17)23(26)22-9-5-15-25(22)14-4-7-19-6-3-8-21(16-19)18(2)24(27)28/h3-13,15-16,18H,14H2,1-2H3,(H,27,28)/b7-4+/t18-/m0/s1. The Morgan fingerprint density at radius 3 is 2.54 bits per heavy atom. The molecule has 3 aromatic rings. The summed E-state index contributed by atoms with van der Waals surface area (Å²) >= 11 is 0. The van der Waals surface area contributed by atoms with Gasteiger partial charge in [0.2, 0.25) is 5.78 Å². The van der Waals surface area contributed by atoms with Gasteiger partial charge in [-0.1, -0.05) is 66.2 Å². The summed E-state index contributed by atoms with van der Waals surface area (Å²) in [5.41, 5.74) is 4.14. The number of nitrogens with zero attached hydrogens (tertiary/aromatic N) is 1. The number of hydrogen-bond donors (Lipinski definition) is 1. The number of allylic oxidation sites excluding steroid dienone is 1. The minimum atomic E-state index is -0.840. The molecule has 0 radical (unpaired) electrons. The van der Waals surface area contributed by atoms with Gasteiger partial charge in [-0.15, -0.1) is 0 Å². The average molecular weight is 373 g/mol. The molecular weight excluding hydrogens is 350 g/mol. The summed E-state index contributed by atoms with van der Waals surface area (Å²) in [5, 5.41) is 9.17. The molecule has 0 spiro atoms. The summed E-state index contributed by atoms with van der Waals surface area (Å²) in [6.45, 7) is 4.22. The average Bonchev–Trinajstić information content (AvgIpc) is 3.16. The maximum absolute atomic E-state index is 12.8. The highest BCUT2D eigenvalue weighted by Gasteiger charge is 2.14. The molecule has 3 rings (SSSR count). The molecule has 0 aliphatic heterocycles. The summed E-state index contributed by atoms with van der Waals surface area (Å²) in [6.07, 6.45) is 5.80. The Labute approximate surface area is 164 Å². The normalized spacial score (nSPS) is 12.2. The second kappa shape index (κ2) is 8.53. The second-order valence-electron chi connectivity index (χ2n) is 6.87. The van der Waals surface area contributed by atoms with Crippen LogP contribution in [0.2, 0.25) is 0 Å². The maximum atomic E-state index is 12.8. The molecule has 0 bridgehead atoms. The van der Waals surface area contributed by atoms with E-state index in [0.29, 0.717) is 17.8 Å². The Morgan fingerprint density at radius 2 is 1.82 bits per heavy atom. The van der Waals surface area contributed by atoms with Gasteiger partial charge in [-0.3, -0.25) is 9.59 Å². The van der Waals surface area contributed by atoms with E-state index >= 15 is 0 Å². The zero-order valence-corrected chi connectivity index (χ0v) is 16.0. The summed E-state index contributed by atoms with van der Waals surface area (Å²) in [6, 6.07) is 18.7. The minimum Gasteiger partial charge on any atom is -0.481 e. The molecule has 28 heavy (non-hydrogen) atoms. The van der Waals surface area contributed by atoms with E-state index in [0.717, 1.165) is 16.7 Å². The number of carbonyl (C=O) groups is 2. The lowest BCUT2D eigenvalue weighted by molar-refractivity contribution is -0.138. The molecule has 0 saturated heterocycles. The van der Waals surface area contributed by atoms with Crippen LogP contribution in [0, 0.1) is 6.92 Å². The fraction of sp³-hybridized carbons (Fsp3) is 0.167. The number of ketones is 1. The maximum Gasteiger partial charge on any atom is 0.310 e. The highest BCUT2D eigenvalue weighted by Crippen LogP contribution is 2.18. The number of aryl methyl sites for hydroxylation is 1. The number of rotatable bonds is 7. The molecule has 0 amide bonds. The zero-order chi connectivity index (χ0) is 20.1. The summed E-state index contributed by atoms with van der Waals surface area (Å²) < 4.78 is 1.91. The monoisotopic (exact) mass is 373 g/mol. The molecule has 0 fully saturated rings. The van der Waals surface area contributed by atoms with Crippen LogP contribution in [0.15, 0.2) is 72.9 Å². The predicted molar refractivity (Wildman–Crippen MR) is 111 cm³/mol. The van der Waals surface area contributed by atoms with Crippen molar-refractivity contribution < 1.29 is 14.7 Å². The molecule has 0 aliphatic carbocycles. The first-order valence-corrected chi connectivity index (χ1v) is 9.21. The predicted octanol–water partition coefficient (Wildman–Crippen LogP) is 4.93. The third kappa shape index (κ3) is 4.46. The topological polar surface area (TPSA) is 59.3 Å². The van der Waals surface area contributed by atoms with Crippen LogP contribution < -0.4 is 0 Å². The van der Waals surface area contributed by atoms with Crippen molar-refractivity contribution in [3.05, 3.63) is 101 Å². The van der Waals surface area contributed by atoms with Crippen molar-refractivity contribution in [1.82, 2.24) is 4.57 Å². The van der Waals surface area contributed by atoms with E-state index in [2.05, 4.69) is 0 Å². The minimum absolute atomic E-state index is 0.00400. The van der Waals surface area contributed by atoms with Crippen LogP contribution in [0.1, 0.15) is 45.6 Å². The highest BCUT2D eigenvalue weighted by atomic mass is 16.4. The van der Waals surface area contributed by atoms with Crippen molar-refractivity contribution in [1.29, 1.82) is 0 Å². The Hall–Kier alpha value is -3.40. The molecular formula is C24H23NO3. The number of aromatic nitrogens is 1. The van der Waals surface area contributed by atoms with E-state index in [1.54, 1.807) is 6.92 Å². The van der Waals surface area contributed by atoms with Crippen molar-refractivity contribution in [2.75, 3.05) is 0 Å². The van der Waals surface area contributed by atoms with Crippen LogP contribution in [0.4, 0.5) is 0 Å². The number of carboxylic acids is 1. The molecule has 0 unspecified atom stereocenters. The van der Waals surface area contributed by atoms with Crippen LogP contribution in [0.25, 0.3) is 6.08 Å². The lowest BCUT2D eigenvalue weighted by Gasteiger charge is -2.08. The van der Waals surface area contributed by atoms with Crippen LogP contribution in [0.5, 0.6) is 0 Å². The largest absolute Gasteiger partial charge is 0.481 e. The van der Waals surface area contributed by atoms with Crippen LogP contribution >= 0.6 is 0 Å². The van der Waals surface area contributed by atoms with E-state index in [9.17, 15) is 9.59 Å². The molecule has 4 heteroatoms. The lowest BCUT2D eigenvalue weighted by atomic mass is 9.99. The van der Waals surface area contributed by atoms with Crippen LogP contribution in [-0.4, -0.2) is 21.4 Å². The first-order valence-electron chi connectivity index (χ1n) is 9.21. The Morgan fingerprint density at radius 1 is 1.07 bits per heavy atom. The van der Waals surface area contributed by atoms with Gasteiger partial charge in [0.05, 0.1) is 11.6 Å². The van der Waals surface area contributed by atoms with E-state index < -0.39 is 11.9 Å². The van der Waals surface area contributed by atoms with Gasteiger partial charge in [-0.05, 0) is 37.1 Å². The fourth-order valence-corrected chi connectivity index (χ4v) is 3.01. The lowest BCUT2D eigenvalue weighted by Crippen LogP contribution is -2.09. The molecule has 1 aromatic heterocycles. The van der Waals surface area contributed by atoms with E-state index in [1.165, 1.54) is 0 Å². The SMILES string of the molecule is Cc1ccc(C(=O)c2cccn2C/C=C/c2cccc([C@H](C)C(=O)O)c2)cc1. The molecule has 1 N–H and O–H groups in total. The summed E-state index contributed by atoms with van der Waals surface area (Å²) in [4.78, 5) is 23.9. The van der Waals surface area contributed by atoms with Gasteiger partial charge in [0.25, 0.3) is 0 Å². The molecule has 1 atom stereocenters. The van der Waals surface area contributed by atoms with E-state index in [4.69, 9.17) is 5.11 Å². The van der Waals surface area contributed by atoms with Crippen molar-refractivity contribution in [2.24, 2.45) is 0 Å². The van der Waals surface area contributed by atoms with Gasteiger partial charge in [0, 0.05) is 18.3 Å². The third-order valence-corrected chi connectivity index (χ3v) is 4.77. The van der Waals surface area contributed by atoms with Gasteiger partial charge >= 0.3 is 5.97 Å². The second-order valence-corrected chi connectivity index (χ2v) is 6.87. The Bertz CT molecular complexity index is 1010. The zero-order valence-electron chi connectivity index (χ0n) is 16.0. The van der Waals surface area contributed by atoms with Gasteiger partial charge < -0.3 is 9.67 Å².